The van der Waals surface area contributed by atoms with Gasteiger partial charge in [-0.1, -0.05) is 18.2 Å². The molecule has 0 spiro atoms. The summed E-state index contributed by atoms with van der Waals surface area (Å²) >= 11 is 1.60. The Morgan fingerprint density at radius 3 is 2.52 bits per heavy atom. The van der Waals surface area contributed by atoms with E-state index < -0.39 is 18.8 Å². The molecule has 0 atom stereocenters. The van der Waals surface area contributed by atoms with Crippen LogP contribution in [-0.4, -0.2) is 38.2 Å². The first-order chi connectivity index (χ1) is 12.9. The Morgan fingerprint density at radius 2 is 1.85 bits per heavy atom. The van der Waals surface area contributed by atoms with Crippen LogP contribution in [0.4, 0.5) is 23.7 Å². The number of amides is 2. The highest BCUT2D eigenvalue weighted by Gasteiger charge is 2.29. The molecule has 0 saturated heterocycles. The summed E-state index contributed by atoms with van der Waals surface area (Å²) in [6.45, 7) is -1.02. The summed E-state index contributed by atoms with van der Waals surface area (Å²) in [7, 11) is 1.32. The molecule has 2 N–H and O–H groups in total. The van der Waals surface area contributed by atoms with E-state index in [0.29, 0.717) is 18.0 Å². The molecule has 9 heteroatoms. The fourth-order valence-electron chi connectivity index (χ4n) is 2.05. The van der Waals surface area contributed by atoms with Gasteiger partial charge >= 0.3 is 12.2 Å². The van der Waals surface area contributed by atoms with E-state index in [9.17, 15) is 18.0 Å². The lowest BCUT2D eigenvalue weighted by Gasteiger charge is -2.14. The first kappa shape index (κ1) is 20.8. The van der Waals surface area contributed by atoms with E-state index in [2.05, 4.69) is 10.6 Å². The van der Waals surface area contributed by atoms with Crippen molar-refractivity contribution in [1.29, 1.82) is 0 Å². The van der Waals surface area contributed by atoms with Gasteiger partial charge in [0.2, 0.25) is 0 Å². The van der Waals surface area contributed by atoms with Gasteiger partial charge in [-0.3, -0.25) is 0 Å². The lowest BCUT2D eigenvalue weighted by atomic mass is 10.2. The zero-order chi connectivity index (χ0) is 19.7. The second kappa shape index (κ2) is 9.96. The summed E-state index contributed by atoms with van der Waals surface area (Å²) in [5.41, 5.74) is 0.293. The number of methoxy groups -OCH3 is 1. The van der Waals surface area contributed by atoms with Gasteiger partial charge in [0.25, 0.3) is 0 Å². The molecule has 0 bridgehead atoms. The number of ether oxygens (including phenoxy) is 2. The van der Waals surface area contributed by atoms with Gasteiger partial charge in [0.05, 0.1) is 7.11 Å². The van der Waals surface area contributed by atoms with Gasteiger partial charge in [-0.2, -0.15) is 13.2 Å². The maximum absolute atomic E-state index is 12.3. The molecule has 2 rings (SSSR count). The first-order valence-electron chi connectivity index (χ1n) is 7.97. The smallest absolute Gasteiger partial charge is 0.422 e. The lowest BCUT2D eigenvalue weighted by molar-refractivity contribution is -0.153. The molecule has 0 unspecified atom stereocenters. The average Bonchev–Trinajstić information content (AvgIpc) is 2.64. The summed E-state index contributed by atoms with van der Waals surface area (Å²) in [4.78, 5) is 13.0. The number of thioether (sulfide) groups is 1. The monoisotopic (exact) mass is 400 g/mol. The van der Waals surface area contributed by atoms with E-state index in [0.717, 1.165) is 4.90 Å². The molecule has 2 aromatic carbocycles. The molecular weight excluding hydrogens is 381 g/mol. The van der Waals surface area contributed by atoms with Crippen LogP contribution in [0.2, 0.25) is 0 Å². The van der Waals surface area contributed by atoms with Gasteiger partial charge in [0, 0.05) is 28.9 Å². The van der Waals surface area contributed by atoms with Gasteiger partial charge in [-0.15, -0.1) is 11.8 Å². The molecule has 0 aliphatic carbocycles. The predicted molar refractivity (Wildman–Crippen MR) is 98.7 cm³/mol. The van der Waals surface area contributed by atoms with Gasteiger partial charge in [-0.05, 0) is 24.3 Å². The van der Waals surface area contributed by atoms with E-state index in [4.69, 9.17) is 9.47 Å². The minimum Gasteiger partial charge on any atom is -0.493 e. The molecule has 0 aliphatic heterocycles. The van der Waals surface area contributed by atoms with E-state index in [-0.39, 0.29) is 11.5 Å². The van der Waals surface area contributed by atoms with Crippen LogP contribution >= 0.6 is 11.8 Å². The van der Waals surface area contributed by atoms with Crippen LogP contribution in [0.5, 0.6) is 11.5 Å². The third kappa shape index (κ3) is 7.69. The Kier molecular flexibility index (Phi) is 7.66. The van der Waals surface area contributed by atoms with Crippen molar-refractivity contribution in [2.45, 2.75) is 11.1 Å². The van der Waals surface area contributed by atoms with Crippen LogP contribution in [0.1, 0.15) is 0 Å². The predicted octanol–water partition coefficient (Wildman–Crippen LogP) is 4.55. The number of benzene rings is 2. The molecular formula is C18H19F3N2O3S. The quantitative estimate of drug-likeness (QED) is 0.504. The number of alkyl halides is 3. The number of nitrogens with one attached hydrogen (secondary N) is 2. The number of carbonyl (C=O) groups excluding carboxylic acids is 1. The molecule has 0 heterocycles. The fraction of sp³-hybridized carbons (Fsp3) is 0.278. The maximum Gasteiger partial charge on any atom is 0.422 e. The molecule has 0 fully saturated rings. The van der Waals surface area contributed by atoms with E-state index >= 15 is 0 Å². The van der Waals surface area contributed by atoms with Crippen molar-refractivity contribution in [1.82, 2.24) is 5.32 Å². The van der Waals surface area contributed by atoms with E-state index in [1.165, 1.54) is 25.3 Å². The Hall–Kier alpha value is -2.55. The lowest BCUT2D eigenvalue weighted by Crippen LogP contribution is -2.30. The molecule has 0 radical (unpaired) electrons. The minimum atomic E-state index is -4.47. The van der Waals surface area contributed by atoms with Crippen molar-refractivity contribution in [3.8, 4) is 11.5 Å². The average molecular weight is 400 g/mol. The van der Waals surface area contributed by atoms with Gasteiger partial charge < -0.3 is 20.1 Å². The van der Waals surface area contributed by atoms with Crippen LogP contribution in [-0.2, 0) is 0 Å². The Bertz CT molecular complexity index is 742. The first-order valence-corrected chi connectivity index (χ1v) is 8.96. The number of hydrogen-bond donors (Lipinski definition) is 2. The third-order valence-electron chi connectivity index (χ3n) is 3.21. The maximum atomic E-state index is 12.3. The van der Waals surface area contributed by atoms with Crippen LogP contribution < -0.4 is 20.1 Å². The van der Waals surface area contributed by atoms with Gasteiger partial charge in [-0.25, -0.2) is 4.79 Å². The zero-order valence-corrected chi connectivity index (χ0v) is 15.3. The van der Waals surface area contributed by atoms with Gasteiger partial charge in [0.1, 0.15) is 0 Å². The summed E-state index contributed by atoms with van der Waals surface area (Å²) in [5.74, 6) is 0.719. The van der Waals surface area contributed by atoms with Gasteiger partial charge in [0.15, 0.2) is 18.1 Å². The molecule has 5 nitrogen and oxygen atoms in total. The van der Waals surface area contributed by atoms with Crippen molar-refractivity contribution in [2.75, 3.05) is 31.3 Å². The molecule has 146 valence electrons. The van der Waals surface area contributed by atoms with Crippen LogP contribution in [0.15, 0.2) is 53.4 Å². The standard InChI is InChI=1S/C18H19F3N2O3S/c1-25-15-8-7-13(11-16(15)26-12-18(19,20)21)23-17(24)22-9-10-27-14-5-3-2-4-6-14/h2-8,11H,9-10,12H2,1H3,(H2,22,23,24). The Morgan fingerprint density at radius 1 is 1.11 bits per heavy atom. The third-order valence-corrected chi connectivity index (χ3v) is 4.23. The highest BCUT2D eigenvalue weighted by atomic mass is 32.2. The summed E-state index contributed by atoms with van der Waals surface area (Å²) in [6, 6.07) is 13.5. The summed E-state index contributed by atoms with van der Waals surface area (Å²) in [5, 5.41) is 5.24. The number of anilines is 1. The number of rotatable bonds is 8. The topological polar surface area (TPSA) is 59.6 Å². The summed E-state index contributed by atoms with van der Waals surface area (Å²) < 4.78 is 46.7. The molecule has 0 saturated carbocycles. The molecule has 2 aromatic rings. The van der Waals surface area contributed by atoms with Crippen molar-refractivity contribution in [3.05, 3.63) is 48.5 Å². The largest absolute Gasteiger partial charge is 0.493 e. The van der Waals surface area contributed by atoms with Crippen LogP contribution in [0.3, 0.4) is 0 Å². The van der Waals surface area contributed by atoms with Crippen molar-refractivity contribution in [3.63, 3.8) is 0 Å². The highest BCUT2D eigenvalue weighted by Crippen LogP contribution is 2.31. The molecule has 2 amide bonds. The SMILES string of the molecule is COc1ccc(NC(=O)NCCSc2ccccc2)cc1OCC(F)(F)F. The Labute approximate surface area is 159 Å². The Balaban J connectivity index is 1.83. The van der Waals surface area contributed by atoms with Crippen LogP contribution in [0.25, 0.3) is 0 Å². The van der Waals surface area contributed by atoms with E-state index in [1.54, 1.807) is 11.8 Å². The molecule has 27 heavy (non-hydrogen) atoms. The second-order valence-corrected chi connectivity index (χ2v) is 6.48. The number of halogens is 3. The molecule has 0 aromatic heterocycles. The van der Waals surface area contributed by atoms with Crippen molar-refractivity contribution >= 4 is 23.5 Å². The zero-order valence-electron chi connectivity index (χ0n) is 14.5. The van der Waals surface area contributed by atoms with E-state index in [1.807, 2.05) is 30.3 Å². The normalized spacial score (nSPS) is 11.0. The number of carbonyl (C=O) groups is 1. The minimum absolute atomic E-state index is 0.104. The summed E-state index contributed by atoms with van der Waals surface area (Å²) in [6.07, 6.45) is -4.47. The highest BCUT2D eigenvalue weighted by molar-refractivity contribution is 7.99. The molecule has 0 aliphatic rings. The van der Waals surface area contributed by atoms with Crippen LogP contribution in [0, 0.1) is 0 Å². The van der Waals surface area contributed by atoms with Crippen molar-refractivity contribution in [2.24, 2.45) is 0 Å². The number of urea groups is 1. The van der Waals surface area contributed by atoms with Crippen molar-refractivity contribution < 1.29 is 27.4 Å². The fourth-order valence-corrected chi connectivity index (χ4v) is 2.84. The number of hydrogen-bond acceptors (Lipinski definition) is 4. The second-order valence-electron chi connectivity index (χ2n) is 5.31.